The molecule has 3 N–H and O–H groups in total. The maximum Gasteiger partial charge on any atom is 0.0522 e. The minimum Gasteiger partial charge on any atom is -0.395 e. The van der Waals surface area contributed by atoms with Gasteiger partial charge in [0.2, 0.25) is 0 Å². The highest BCUT2D eigenvalue weighted by molar-refractivity contribution is 5.36. The highest BCUT2D eigenvalue weighted by Crippen LogP contribution is 2.38. The van der Waals surface area contributed by atoms with E-state index in [4.69, 9.17) is 5.73 Å². The molecule has 1 fully saturated rings. The monoisotopic (exact) mass is 262 g/mol. The van der Waals surface area contributed by atoms with Crippen molar-refractivity contribution >= 4 is 0 Å². The zero-order valence-corrected chi connectivity index (χ0v) is 12.3. The molecule has 1 aromatic carbocycles. The van der Waals surface area contributed by atoms with Gasteiger partial charge in [-0.15, -0.1) is 0 Å². The molecule has 0 aliphatic carbocycles. The Hall–Kier alpha value is -0.900. The van der Waals surface area contributed by atoms with E-state index in [0.29, 0.717) is 12.0 Å². The SMILES string of the molecule is CN1CC(CN)CC1c1ccccc1C(C)(C)CO. The summed E-state index contributed by atoms with van der Waals surface area (Å²) in [7, 11) is 2.17. The lowest BCUT2D eigenvalue weighted by molar-refractivity contribution is 0.215. The summed E-state index contributed by atoms with van der Waals surface area (Å²) < 4.78 is 0. The molecule has 0 saturated carbocycles. The van der Waals surface area contributed by atoms with E-state index < -0.39 is 0 Å². The van der Waals surface area contributed by atoms with Crippen molar-refractivity contribution in [2.45, 2.75) is 31.7 Å². The van der Waals surface area contributed by atoms with Gasteiger partial charge in [-0.05, 0) is 37.1 Å². The van der Waals surface area contributed by atoms with E-state index >= 15 is 0 Å². The number of hydrogen-bond donors (Lipinski definition) is 2. The number of aliphatic hydroxyl groups is 1. The van der Waals surface area contributed by atoms with Gasteiger partial charge in [0.25, 0.3) is 0 Å². The first-order valence-electron chi connectivity index (χ1n) is 7.10. The van der Waals surface area contributed by atoms with Crippen LogP contribution in [0.2, 0.25) is 0 Å². The summed E-state index contributed by atoms with van der Waals surface area (Å²) >= 11 is 0. The second kappa shape index (κ2) is 5.61. The van der Waals surface area contributed by atoms with Gasteiger partial charge in [-0.1, -0.05) is 38.1 Å². The fraction of sp³-hybridized carbons (Fsp3) is 0.625. The lowest BCUT2D eigenvalue weighted by Gasteiger charge is -2.30. The quantitative estimate of drug-likeness (QED) is 0.871. The molecule has 3 heteroatoms. The summed E-state index contributed by atoms with van der Waals surface area (Å²) in [5.74, 6) is 0.584. The molecule has 19 heavy (non-hydrogen) atoms. The fourth-order valence-electron chi connectivity index (χ4n) is 3.13. The van der Waals surface area contributed by atoms with Crippen LogP contribution in [0.15, 0.2) is 24.3 Å². The van der Waals surface area contributed by atoms with Crippen molar-refractivity contribution in [1.29, 1.82) is 0 Å². The predicted molar refractivity (Wildman–Crippen MR) is 79.1 cm³/mol. The van der Waals surface area contributed by atoms with Crippen LogP contribution < -0.4 is 5.73 Å². The standard InChI is InChI=1S/C16H26N2O/c1-16(2,11-19)14-7-5-4-6-13(14)15-8-12(9-17)10-18(15)3/h4-7,12,15,19H,8-11,17H2,1-3H3. The number of hydrogen-bond acceptors (Lipinski definition) is 3. The molecule has 2 unspecified atom stereocenters. The number of rotatable bonds is 4. The third kappa shape index (κ3) is 2.83. The van der Waals surface area contributed by atoms with E-state index in [0.717, 1.165) is 19.5 Å². The highest BCUT2D eigenvalue weighted by Gasteiger charge is 2.33. The maximum atomic E-state index is 9.65. The van der Waals surface area contributed by atoms with Gasteiger partial charge < -0.3 is 10.8 Å². The number of likely N-dealkylation sites (tertiary alicyclic amines) is 1. The minimum atomic E-state index is -0.196. The smallest absolute Gasteiger partial charge is 0.0522 e. The Labute approximate surface area is 116 Å². The number of benzene rings is 1. The van der Waals surface area contributed by atoms with Gasteiger partial charge in [0.05, 0.1) is 6.61 Å². The zero-order valence-electron chi connectivity index (χ0n) is 12.3. The molecule has 2 rings (SSSR count). The van der Waals surface area contributed by atoms with Gasteiger partial charge in [-0.2, -0.15) is 0 Å². The average Bonchev–Trinajstić information content (AvgIpc) is 2.80. The summed E-state index contributed by atoms with van der Waals surface area (Å²) in [6.07, 6.45) is 1.12. The zero-order chi connectivity index (χ0) is 14.0. The van der Waals surface area contributed by atoms with Crippen molar-refractivity contribution in [2.75, 3.05) is 26.7 Å². The second-order valence-corrected chi connectivity index (χ2v) is 6.42. The summed E-state index contributed by atoms with van der Waals surface area (Å²) in [6.45, 7) is 6.19. The third-order valence-corrected chi connectivity index (χ3v) is 4.41. The van der Waals surface area contributed by atoms with Gasteiger partial charge >= 0.3 is 0 Å². The number of aliphatic hydroxyl groups excluding tert-OH is 1. The van der Waals surface area contributed by atoms with Crippen LogP contribution in [0.4, 0.5) is 0 Å². The first kappa shape index (κ1) is 14.5. The summed E-state index contributed by atoms with van der Waals surface area (Å²) in [5, 5.41) is 9.65. The van der Waals surface area contributed by atoms with Crippen LogP contribution in [0.25, 0.3) is 0 Å². The molecule has 0 aromatic heterocycles. The molecule has 0 spiro atoms. The van der Waals surface area contributed by atoms with Crippen molar-refractivity contribution in [3.63, 3.8) is 0 Å². The molecule has 1 saturated heterocycles. The molecular weight excluding hydrogens is 236 g/mol. The van der Waals surface area contributed by atoms with E-state index in [9.17, 15) is 5.11 Å². The van der Waals surface area contributed by atoms with Gasteiger partial charge in [0.1, 0.15) is 0 Å². The van der Waals surface area contributed by atoms with E-state index in [1.165, 1.54) is 11.1 Å². The van der Waals surface area contributed by atoms with Gasteiger partial charge in [-0.3, -0.25) is 4.90 Å². The largest absolute Gasteiger partial charge is 0.395 e. The summed E-state index contributed by atoms with van der Waals surface area (Å²) in [5.41, 5.74) is 8.23. The molecule has 0 radical (unpaired) electrons. The van der Waals surface area contributed by atoms with Gasteiger partial charge in [0.15, 0.2) is 0 Å². The molecule has 2 atom stereocenters. The number of nitrogens with zero attached hydrogens (tertiary/aromatic N) is 1. The van der Waals surface area contributed by atoms with E-state index in [1.54, 1.807) is 0 Å². The molecule has 0 amide bonds. The number of nitrogens with two attached hydrogens (primary N) is 1. The molecule has 1 heterocycles. The van der Waals surface area contributed by atoms with Crippen molar-refractivity contribution in [1.82, 2.24) is 4.90 Å². The Morgan fingerprint density at radius 1 is 1.37 bits per heavy atom. The topological polar surface area (TPSA) is 49.5 Å². The Balaban J connectivity index is 2.35. The highest BCUT2D eigenvalue weighted by atomic mass is 16.3. The average molecular weight is 262 g/mol. The van der Waals surface area contributed by atoms with Crippen LogP contribution in [0, 0.1) is 5.92 Å². The van der Waals surface area contributed by atoms with Crippen molar-refractivity contribution in [3.8, 4) is 0 Å². The Kier molecular flexibility index (Phi) is 4.29. The summed E-state index contributed by atoms with van der Waals surface area (Å²) in [6, 6.07) is 8.93. The van der Waals surface area contributed by atoms with Crippen LogP contribution >= 0.6 is 0 Å². The van der Waals surface area contributed by atoms with Gasteiger partial charge in [0, 0.05) is 18.0 Å². The Morgan fingerprint density at radius 3 is 2.63 bits per heavy atom. The van der Waals surface area contributed by atoms with Crippen LogP contribution in [0.3, 0.4) is 0 Å². The first-order chi connectivity index (χ1) is 8.99. The molecule has 1 aliphatic rings. The van der Waals surface area contributed by atoms with Crippen molar-refractivity contribution in [3.05, 3.63) is 35.4 Å². The maximum absolute atomic E-state index is 9.65. The first-order valence-corrected chi connectivity index (χ1v) is 7.10. The third-order valence-electron chi connectivity index (χ3n) is 4.41. The molecule has 106 valence electrons. The van der Waals surface area contributed by atoms with E-state index in [2.05, 4.69) is 50.1 Å². The Morgan fingerprint density at radius 2 is 2.05 bits per heavy atom. The molecular formula is C16H26N2O. The van der Waals surface area contributed by atoms with Crippen molar-refractivity contribution < 1.29 is 5.11 Å². The molecule has 0 bridgehead atoms. The van der Waals surface area contributed by atoms with Crippen molar-refractivity contribution in [2.24, 2.45) is 11.7 Å². The van der Waals surface area contributed by atoms with E-state index in [1.807, 2.05) is 0 Å². The second-order valence-electron chi connectivity index (χ2n) is 6.42. The lowest BCUT2D eigenvalue weighted by Crippen LogP contribution is -2.27. The van der Waals surface area contributed by atoms with Crippen LogP contribution in [-0.2, 0) is 5.41 Å². The van der Waals surface area contributed by atoms with Crippen LogP contribution in [-0.4, -0.2) is 36.8 Å². The molecule has 3 nitrogen and oxygen atoms in total. The molecule has 1 aromatic rings. The van der Waals surface area contributed by atoms with Crippen LogP contribution in [0.5, 0.6) is 0 Å². The molecule has 1 aliphatic heterocycles. The Bertz CT molecular complexity index is 431. The normalized spacial score (nSPS) is 24.9. The summed E-state index contributed by atoms with van der Waals surface area (Å²) in [4.78, 5) is 2.39. The lowest BCUT2D eigenvalue weighted by atomic mass is 9.80. The minimum absolute atomic E-state index is 0.167. The van der Waals surface area contributed by atoms with E-state index in [-0.39, 0.29) is 12.0 Å². The van der Waals surface area contributed by atoms with Gasteiger partial charge in [-0.25, -0.2) is 0 Å². The fourth-order valence-corrected chi connectivity index (χ4v) is 3.13. The predicted octanol–water partition coefficient (Wildman–Crippen LogP) is 1.91. The van der Waals surface area contributed by atoms with Crippen LogP contribution in [0.1, 0.15) is 37.4 Å².